The van der Waals surface area contributed by atoms with E-state index in [0.717, 1.165) is 22.7 Å². The van der Waals surface area contributed by atoms with Gasteiger partial charge in [-0.3, -0.25) is 9.59 Å². The van der Waals surface area contributed by atoms with Crippen LogP contribution in [0.4, 0.5) is 5.13 Å². The Labute approximate surface area is 128 Å². The number of amides is 2. The van der Waals surface area contributed by atoms with Gasteiger partial charge in [0, 0.05) is 5.92 Å². The highest BCUT2D eigenvalue weighted by atomic mass is 32.1. The van der Waals surface area contributed by atoms with Gasteiger partial charge in [-0.15, -0.1) is 10.2 Å². The van der Waals surface area contributed by atoms with E-state index in [9.17, 15) is 14.4 Å². The lowest BCUT2D eigenvalue weighted by molar-refractivity contribution is 0.0696. The molecule has 1 aliphatic carbocycles. The van der Waals surface area contributed by atoms with Gasteiger partial charge in [0.2, 0.25) is 5.13 Å². The highest BCUT2D eigenvalue weighted by molar-refractivity contribution is 7.15. The van der Waals surface area contributed by atoms with Gasteiger partial charge in [0.05, 0.1) is 16.7 Å². The number of carboxylic acids is 1. The van der Waals surface area contributed by atoms with E-state index in [0.29, 0.717) is 5.92 Å². The molecule has 1 aliphatic heterocycles. The summed E-state index contributed by atoms with van der Waals surface area (Å²) in [4.78, 5) is 36.8. The fourth-order valence-corrected chi connectivity index (χ4v) is 3.37. The van der Waals surface area contributed by atoms with Gasteiger partial charge in [0.15, 0.2) is 0 Å². The number of anilines is 1. The van der Waals surface area contributed by atoms with Gasteiger partial charge in [0.25, 0.3) is 11.8 Å². The van der Waals surface area contributed by atoms with E-state index in [-0.39, 0.29) is 21.8 Å². The minimum Gasteiger partial charge on any atom is -0.478 e. The standard InChI is InChI=1S/C14H9N3O4S/c18-11-8-4-3-7(13(20)21)5-9(8)12(19)17(11)14-16-15-10(22-14)6-1-2-6/h3-6H,1-2H2,(H,20,21). The zero-order valence-electron chi connectivity index (χ0n) is 11.1. The van der Waals surface area contributed by atoms with E-state index in [1.165, 1.54) is 29.5 Å². The number of hydrogen-bond acceptors (Lipinski definition) is 6. The van der Waals surface area contributed by atoms with E-state index in [2.05, 4.69) is 10.2 Å². The Morgan fingerprint density at radius 2 is 1.91 bits per heavy atom. The highest BCUT2D eigenvalue weighted by Gasteiger charge is 2.40. The first-order chi connectivity index (χ1) is 10.6. The normalized spacial score (nSPS) is 17.0. The van der Waals surface area contributed by atoms with E-state index in [1.54, 1.807) is 0 Å². The van der Waals surface area contributed by atoms with Gasteiger partial charge >= 0.3 is 5.97 Å². The van der Waals surface area contributed by atoms with Crippen LogP contribution >= 0.6 is 11.3 Å². The average molecular weight is 315 g/mol. The second-order valence-electron chi connectivity index (χ2n) is 5.21. The fraction of sp³-hybridized carbons (Fsp3) is 0.214. The first-order valence-electron chi connectivity index (χ1n) is 6.66. The summed E-state index contributed by atoms with van der Waals surface area (Å²) in [6, 6.07) is 3.90. The number of carboxylic acid groups (broad SMARTS) is 1. The van der Waals surface area contributed by atoms with Crippen molar-refractivity contribution in [2.45, 2.75) is 18.8 Å². The molecule has 0 spiro atoms. The van der Waals surface area contributed by atoms with Gasteiger partial charge < -0.3 is 5.11 Å². The minimum atomic E-state index is -1.14. The maximum Gasteiger partial charge on any atom is 0.335 e. The van der Waals surface area contributed by atoms with Gasteiger partial charge in [0.1, 0.15) is 5.01 Å². The summed E-state index contributed by atoms with van der Waals surface area (Å²) >= 11 is 1.24. The van der Waals surface area contributed by atoms with Crippen LogP contribution in [0.1, 0.15) is 54.8 Å². The number of aromatic nitrogens is 2. The average Bonchev–Trinajstić information content (AvgIpc) is 3.19. The molecule has 2 aliphatic rings. The van der Waals surface area contributed by atoms with Crippen molar-refractivity contribution >= 4 is 34.3 Å². The van der Waals surface area contributed by atoms with Crippen LogP contribution in [0.5, 0.6) is 0 Å². The molecule has 110 valence electrons. The first kappa shape index (κ1) is 13.1. The van der Waals surface area contributed by atoms with Crippen molar-refractivity contribution < 1.29 is 19.5 Å². The van der Waals surface area contributed by atoms with Crippen LogP contribution in [0.25, 0.3) is 0 Å². The zero-order chi connectivity index (χ0) is 15.4. The largest absolute Gasteiger partial charge is 0.478 e. The summed E-state index contributed by atoms with van der Waals surface area (Å²) in [5.74, 6) is -1.80. The summed E-state index contributed by atoms with van der Waals surface area (Å²) < 4.78 is 0. The lowest BCUT2D eigenvalue weighted by Gasteiger charge is -2.07. The van der Waals surface area contributed by atoms with Crippen LogP contribution < -0.4 is 4.90 Å². The Hall–Kier alpha value is -2.61. The molecule has 1 N–H and O–H groups in total. The molecule has 0 atom stereocenters. The topological polar surface area (TPSA) is 100 Å². The Morgan fingerprint density at radius 1 is 1.18 bits per heavy atom. The van der Waals surface area contributed by atoms with E-state index < -0.39 is 17.8 Å². The summed E-state index contributed by atoms with van der Waals surface area (Å²) in [5, 5.41) is 18.0. The van der Waals surface area contributed by atoms with Crippen molar-refractivity contribution in [3.63, 3.8) is 0 Å². The number of carbonyl (C=O) groups is 3. The van der Waals surface area contributed by atoms with Crippen LogP contribution in [0.3, 0.4) is 0 Å². The Morgan fingerprint density at radius 3 is 2.59 bits per heavy atom. The van der Waals surface area contributed by atoms with Gasteiger partial charge in [-0.25, -0.2) is 9.69 Å². The molecular formula is C14H9N3O4S. The van der Waals surface area contributed by atoms with Crippen LogP contribution in [0.15, 0.2) is 18.2 Å². The van der Waals surface area contributed by atoms with Crippen molar-refractivity contribution in [3.05, 3.63) is 39.9 Å². The predicted octanol–water partition coefficient (Wildman–Crippen LogP) is 1.91. The zero-order valence-corrected chi connectivity index (χ0v) is 12.0. The van der Waals surface area contributed by atoms with Crippen molar-refractivity contribution in [2.75, 3.05) is 4.90 Å². The Balaban J connectivity index is 1.74. The molecular weight excluding hydrogens is 306 g/mol. The third-order valence-electron chi connectivity index (χ3n) is 3.68. The lowest BCUT2D eigenvalue weighted by atomic mass is 10.1. The summed E-state index contributed by atoms with van der Waals surface area (Å²) in [5.41, 5.74) is 0.254. The molecule has 1 fully saturated rings. The number of nitrogens with zero attached hydrogens (tertiary/aromatic N) is 3. The number of rotatable bonds is 3. The quantitative estimate of drug-likeness (QED) is 0.868. The molecule has 2 amide bonds. The first-order valence-corrected chi connectivity index (χ1v) is 7.47. The van der Waals surface area contributed by atoms with Crippen LogP contribution in [-0.4, -0.2) is 33.1 Å². The van der Waals surface area contributed by atoms with Gasteiger partial charge in [-0.2, -0.15) is 0 Å². The van der Waals surface area contributed by atoms with Crippen molar-refractivity contribution in [1.82, 2.24) is 10.2 Å². The van der Waals surface area contributed by atoms with Gasteiger partial charge in [-0.05, 0) is 31.0 Å². The monoisotopic (exact) mass is 315 g/mol. The second-order valence-corrected chi connectivity index (χ2v) is 6.20. The molecule has 2 heterocycles. The number of aromatic carboxylic acids is 1. The SMILES string of the molecule is O=C(O)c1ccc2c(c1)C(=O)N(c1nnc(C3CC3)s1)C2=O. The van der Waals surface area contributed by atoms with Crippen LogP contribution in [-0.2, 0) is 0 Å². The number of carbonyl (C=O) groups excluding carboxylic acids is 2. The number of benzene rings is 1. The fourth-order valence-electron chi connectivity index (χ4n) is 2.36. The number of hydrogen-bond donors (Lipinski definition) is 1. The van der Waals surface area contributed by atoms with E-state index in [4.69, 9.17) is 5.11 Å². The summed E-state index contributed by atoms with van der Waals surface area (Å²) in [7, 11) is 0. The van der Waals surface area contributed by atoms with Crippen LogP contribution in [0.2, 0.25) is 0 Å². The number of imide groups is 1. The summed E-state index contributed by atoms with van der Waals surface area (Å²) in [6.07, 6.45) is 2.11. The molecule has 7 nitrogen and oxygen atoms in total. The highest BCUT2D eigenvalue weighted by Crippen LogP contribution is 2.43. The molecule has 4 rings (SSSR count). The molecule has 1 saturated carbocycles. The van der Waals surface area contributed by atoms with Crippen LogP contribution in [0, 0.1) is 0 Å². The summed E-state index contributed by atoms with van der Waals surface area (Å²) in [6.45, 7) is 0. The van der Waals surface area contributed by atoms with E-state index >= 15 is 0 Å². The van der Waals surface area contributed by atoms with E-state index in [1.807, 2.05) is 0 Å². The smallest absolute Gasteiger partial charge is 0.335 e. The number of fused-ring (bicyclic) bond motifs is 1. The molecule has 22 heavy (non-hydrogen) atoms. The lowest BCUT2D eigenvalue weighted by Crippen LogP contribution is -2.29. The third-order valence-corrected chi connectivity index (χ3v) is 4.75. The van der Waals surface area contributed by atoms with Crippen molar-refractivity contribution in [3.8, 4) is 0 Å². The Bertz CT molecular complexity index is 840. The maximum absolute atomic E-state index is 12.4. The Kier molecular flexibility index (Phi) is 2.64. The molecule has 1 aromatic carbocycles. The third kappa shape index (κ3) is 1.84. The molecule has 0 bridgehead atoms. The second kappa shape index (κ2) is 4.44. The molecule has 2 aromatic rings. The molecule has 0 unspecified atom stereocenters. The minimum absolute atomic E-state index is 0.0299. The molecule has 0 saturated heterocycles. The van der Waals surface area contributed by atoms with Gasteiger partial charge in [-0.1, -0.05) is 11.3 Å². The van der Waals surface area contributed by atoms with Crippen molar-refractivity contribution in [1.29, 1.82) is 0 Å². The molecule has 8 heteroatoms. The molecule has 0 radical (unpaired) electrons. The predicted molar refractivity (Wildman–Crippen MR) is 76.4 cm³/mol. The van der Waals surface area contributed by atoms with Crippen molar-refractivity contribution in [2.24, 2.45) is 0 Å². The maximum atomic E-state index is 12.4. The molecule has 1 aromatic heterocycles.